The number of carbonyl (C=O) groups is 2. The number of hydrogen-bond acceptors (Lipinski definition) is 6. The number of ketones is 1. The highest BCUT2D eigenvalue weighted by atomic mass is 79.9. The summed E-state index contributed by atoms with van der Waals surface area (Å²) in [6.07, 6.45) is 3.78. The summed E-state index contributed by atoms with van der Waals surface area (Å²) in [5.74, 6) is -1.24. The van der Waals surface area contributed by atoms with Gasteiger partial charge in [-0.25, -0.2) is 4.79 Å². The van der Waals surface area contributed by atoms with E-state index in [0.717, 1.165) is 10.0 Å². The first-order chi connectivity index (χ1) is 13.7. The lowest BCUT2D eigenvalue weighted by atomic mass is 9.63. The number of allylic oxidation sites excluding steroid dienone is 1. The van der Waals surface area contributed by atoms with Crippen LogP contribution in [0, 0.1) is 17.3 Å². The predicted molar refractivity (Wildman–Crippen MR) is 108 cm³/mol. The van der Waals surface area contributed by atoms with E-state index in [1.54, 1.807) is 13.0 Å². The Labute approximate surface area is 177 Å². The lowest BCUT2D eigenvalue weighted by molar-refractivity contribution is -0.169. The molecule has 0 unspecified atom stereocenters. The highest BCUT2D eigenvalue weighted by Crippen LogP contribution is 2.59. The molecular weight excluding hydrogens is 438 g/mol. The largest absolute Gasteiger partial charge is 0.458 e. The predicted octanol–water partition coefficient (Wildman–Crippen LogP) is 3.16. The van der Waals surface area contributed by atoms with Crippen LogP contribution >= 0.6 is 15.9 Å². The fraction of sp³-hybridized carbons (Fsp3) is 0.500. The van der Waals surface area contributed by atoms with Crippen molar-refractivity contribution in [3.05, 3.63) is 46.5 Å². The van der Waals surface area contributed by atoms with Gasteiger partial charge in [0, 0.05) is 16.5 Å². The Morgan fingerprint density at radius 1 is 1.24 bits per heavy atom. The van der Waals surface area contributed by atoms with Gasteiger partial charge in [0.05, 0.1) is 11.6 Å². The topological polar surface area (TPSA) is 85.2 Å². The molecule has 1 spiro atoms. The van der Waals surface area contributed by atoms with Gasteiger partial charge in [-0.1, -0.05) is 46.2 Å². The molecule has 1 aromatic carbocycles. The first-order valence-electron chi connectivity index (χ1n) is 9.91. The van der Waals surface area contributed by atoms with Gasteiger partial charge in [-0.15, -0.1) is 0 Å². The molecule has 2 fully saturated rings. The van der Waals surface area contributed by atoms with E-state index in [1.807, 2.05) is 31.2 Å². The molecule has 6 atom stereocenters. The van der Waals surface area contributed by atoms with E-state index in [9.17, 15) is 14.7 Å². The Morgan fingerprint density at radius 2 is 2.00 bits per heavy atom. The molecule has 7 heteroatoms. The van der Waals surface area contributed by atoms with Crippen molar-refractivity contribution in [3.63, 3.8) is 0 Å². The van der Waals surface area contributed by atoms with Crippen LogP contribution in [0.5, 0.6) is 0 Å². The molecule has 0 radical (unpaired) electrons. The average Bonchev–Trinajstić information content (AvgIpc) is 3.31. The molecule has 0 bridgehead atoms. The zero-order valence-electron chi connectivity index (χ0n) is 16.2. The molecular formula is C22H22BrNO5. The molecule has 1 saturated carbocycles. The molecule has 4 aliphatic rings. The van der Waals surface area contributed by atoms with Gasteiger partial charge in [0.15, 0.2) is 5.78 Å². The van der Waals surface area contributed by atoms with E-state index in [4.69, 9.17) is 9.57 Å². The van der Waals surface area contributed by atoms with Crippen LogP contribution in [0.4, 0.5) is 0 Å². The second-order valence-corrected chi connectivity index (χ2v) is 9.67. The maximum absolute atomic E-state index is 13.1. The molecule has 152 valence electrons. The van der Waals surface area contributed by atoms with Crippen molar-refractivity contribution in [1.29, 1.82) is 0 Å². The highest BCUT2D eigenvalue weighted by Gasteiger charge is 2.73. The Morgan fingerprint density at radius 3 is 2.76 bits per heavy atom. The summed E-state index contributed by atoms with van der Waals surface area (Å²) in [4.78, 5) is 31.9. The third kappa shape index (κ3) is 2.23. The fourth-order valence-electron chi connectivity index (χ4n) is 5.64. The number of halogens is 1. The van der Waals surface area contributed by atoms with Gasteiger partial charge in [0.2, 0.25) is 5.60 Å². The van der Waals surface area contributed by atoms with Crippen LogP contribution in [-0.4, -0.2) is 39.9 Å². The van der Waals surface area contributed by atoms with Crippen LogP contribution in [0.2, 0.25) is 0 Å². The molecule has 0 amide bonds. The summed E-state index contributed by atoms with van der Waals surface area (Å²) in [7, 11) is 0. The van der Waals surface area contributed by atoms with E-state index in [-0.39, 0.29) is 24.0 Å². The number of fused-ring (bicyclic) bond motifs is 4. The monoisotopic (exact) mass is 459 g/mol. The van der Waals surface area contributed by atoms with E-state index >= 15 is 0 Å². The minimum Gasteiger partial charge on any atom is -0.458 e. The summed E-state index contributed by atoms with van der Waals surface area (Å²) >= 11 is 3.53. The molecule has 2 heterocycles. The van der Waals surface area contributed by atoms with Gasteiger partial charge >= 0.3 is 5.97 Å². The van der Waals surface area contributed by atoms with Crippen LogP contribution in [-0.2, 0) is 19.2 Å². The van der Waals surface area contributed by atoms with Crippen molar-refractivity contribution in [3.8, 4) is 0 Å². The Kier molecular flexibility index (Phi) is 3.94. The van der Waals surface area contributed by atoms with Crippen molar-refractivity contribution in [2.75, 3.05) is 0 Å². The second kappa shape index (κ2) is 6.01. The number of ether oxygens (including phenoxy) is 1. The Balaban J connectivity index is 1.55. The Hall–Kier alpha value is -1.99. The standard InChI is InChI=1S/C22H22BrNO5/c1-12-7-8-14-18(20(2)17(25)9-10-22(12,20)27)28-19(26)21(14)11-16(24-29-21)13-5-3-4-6-15(13)23/h3-6,9-10,12,14,18,27H,7-8,11H2,1-2H3/t12-,14+,18+,20-,21-,22+/m0/s1. The first-order valence-corrected chi connectivity index (χ1v) is 10.7. The van der Waals surface area contributed by atoms with E-state index in [2.05, 4.69) is 21.1 Å². The number of esters is 1. The number of benzene rings is 1. The lowest BCUT2D eigenvalue weighted by Crippen LogP contribution is -2.57. The normalized spacial score (nSPS) is 42.9. The Bertz CT molecular complexity index is 989. The fourth-order valence-corrected chi connectivity index (χ4v) is 6.15. The molecule has 0 aromatic heterocycles. The van der Waals surface area contributed by atoms with Gasteiger partial charge in [-0.2, -0.15) is 0 Å². The molecule has 1 aromatic rings. The number of carbonyl (C=O) groups excluding carboxylic acids is 2. The first kappa shape index (κ1) is 19.0. The summed E-state index contributed by atoms with van der Waals surface area (Å²) in [5, 5.41) is 15.7. The third-order valence-corrected chi connectivity index (χ3v) is 8.23. The average molecular weight is 460 g/mol. The van der Waals surface area contributed by atoms with Crippen LogP contribution in [0.3, 0.4) is 0 Å². The molecule has 1 saturated heterocycles. The van der Waals surface area contributed by atoms with Crippen molar-refractivity contribution in [1.82, 2.24) is 0 Å². The third-order valence-electron chi connectivity index (χ3n) is 7.54. The minimum absolute atomic E-state index is 0.151. The van der Waals surface area contributed by atoms with E-state index < -0.39 is 28.7 Å². The van der Waals surface area contributed by atoms with Gasteiger partial charge in [-0.05, 0) is 43.9 Å². The highest BCUT2D eigenvalue weighted by molar-refractivity contribution is 9.10. The quantitative estimate of drug-likeness (QED) is 0.651. The number of aliphatic hydroxyl groups is 1. The molecule has 2 aliphatic heterocycles. The molecule has 5 rings (SSSR count). The summed E-state index contributed by atoms with van der Waals surface area (Å²) in [5.41, 5.74) is -2.30. The zero-order valence-corrected chi connectivity index (χ0v) is 17.8. The SMILES string of the molecule is C[C@H]1CC[C@@H]2[C@@H](OC(=O)[C@]23CC(c2ccccc2Br)=NO3)[C@]2(C)C(=O)C=C[C@@]12O. The van der Waals surface area contributed by atoms with Gasteiger partial charge in [0.25, 0.3) is 0 Å². The van der Waals surface area contributed by atoms with E-state index in [1.165, 1.54) is 6.08 Å². The van der Waals surface area contributed by atoms with Crippen molar-refractivity contribution in [2.45, 2.75) is 50.4 Å². The molecule has 6 nitrogen and oxygen atoms in total. The maximum Gasteiger partial charge on any atom is 0.354 e. The number of oxime groups is 1. The number of hydrogen-bond donors (Lipinski definition) is 1. The lowest BCUT2D eigenvalue weighted by Gasteiger charge is -2.43. The van der Waals surface area contributed by atoms with Crippen LogP contribution in [0.25, 0.3) is 0 Å². The molecule has 2 aliphatic carbocycles. The zero-order chi connectivity index (χ0) is 20.6. The molecule has 1 N–H and O–H groups in total. The van der Waals surface area contributed by atoms with Crippen molar-refractivity contribution in [2.24, 2.45) is 22.4 Å². The molecule has 29 heavy (non-hydrogen) atoms. The van der Waals surface area contributed by atoms with Crippen LogP contribution in [0.1, 0.15) is 38.7 Å². The van der Waals surface area contributed by atoms with Gasteiger partial charge in [-0.3, -0.25) is 4.79 Å². The van der Waals surface area contributed by atoms with E-state index in [0.29, 0.717) is 18.6 Å². The number of nitrogens with zero attached hydrogens (tertiary/aromatic N) is 1. The number of rotatable bonds is 1. The van der Waals surface area contributed by atoms with Gasteiger partial charge < -0.3 is 14.7 Å². The summed E-state index contributed by atoms with van der Waals surface area (Å²) < 4.78 is 6.70. The summed E-state index contributed by atoms with van der Waals surface area (Å²) in [6, 6.07) is 7.64. The van der Waals surface area contributed by atoms with Gasteiger partial charge in [0.1, 0.15) is 17.1 Å². The van der Waals surface area contributed by atoms with Crippen molar-refractivity contribution < 1.29 is 24.3 Å². The summed E-state index contributed by atoms with van der Waals surface area (Å²) in [6.45, 7) is 3.65. The maximum atomic E-state index is 13.1. The van der Waals surface area contributed by atoms with Crippen LogP contribution in [0.15, 0.2) is 46.0 Å². The second-order valence-electron chi connectivity index (χ2n) is 8.81. The van der Waals surface area contributed by atoms with Crippen LogP contribution < -0.4 is 0 Å². The van der Waals surface area contributed by atoms with Crippen molar-refractivity contribution >= 4 is 33.4 Å². The smallest absolute Gasteiger partial charge is 0.354 e. The minimum atomic E-state index is -1.35.